The summed E-state index contributed by atoms with van der Waals surface area (Å²) < 4.78 is 8.02. The third-order valence-corrected chi connectivity index (χ3v) is 3.76. The lowest BCUT2D eigenvalue weighted by Crippen LogP contribution is -2.31. The number of aromatic nitrogens is 2. The largest absolute Gasteiger partial charge is 0.378 e. The lowest BCUT2D eigenvalue weighted by molar-refractivity contribution is 0.0271. The summed E-state index contributed by atoms with van der Waals surface area (Å²) in [6.07, 6.45) is 14.0. The molecule has 2 rings (SSSR count). The van der Waals surface area contributed by atoms with Crippen LogP contribution in [-0.4, -0.2) is 34.8 Å². The van der Waals surface area contributed by atoms with Gasteiger partial charge in [-0.2, -0.15) is 0 Å². The van der Waals surface area contributed by atoms with Crippen molar-refractivity contribution in [3.63, 3.8) is 0 Å². The molecule has 1 atom stereocenters. The zero-order chi connectivity index (χ0) is 13.3. The molecule has 1 heterocycles. The molecule has 1 aromatic rings. The predicted molar refractivity (Wildman–Crippen MR) is 77.1 cm³/mol. The van der Waals surface area contributed by atoms with Crippen molar-refractivity contribution in [2.45, 2.75) is 64.1 Å². The second kappa shape index (κ2) is 8.33. The smallest absolute Gasteiger partial charge is 0.0946 e. The fraction of sp³-hybridized carbons (Fsp3) is 0.800. The van der Waals surface area contributed by atoms with Crippen molar-refractivity contribution in [3.8, 4) is 0 Å². The molecule has 0 aromatic carbocycles. The van der Waals surface area contributed by atoms with Crippen molar-refractivity contribution in [2.24, 2.45) is 0 Å². The number of rotatable bonds is 8. The minimum Gasteiger partial charge on any atom is -0.378 e. The van der Waals surface area contributed by atoms with Crippen LogP contribution in [-0.2, 0) is 11.3 Å². The van der Waals surface area contributed by atoms with Crippen molar-refractivity contribution >= 4 is 0 Å². The van der Waals surface area contributed by atoms with Gasteiger partial charge in [0.25, 0.3) is 0 Å². The van der Waals surface area contributed by atoms with E-state index in [9.17, 15) is 0 Å². The van der Waals surface area contributed by atoms with E-state index in [1.54, 1.807) is 0 Å². The Morgan fingerprint density at radius 2 is 2.21 bits per heavy atom. The van der Waals surface area contributed by atoms with E-state index in [2.05, 4.69) is 21.8 Å². The van der Waals surface area contributed by atoms with Crippen LogP contribution in [0.3, 0.4) is 0 Å². The van der Waals surface area contributed by atoms with E-state index in [1.165, 1.54) is 32.1 Å². The molecule has 0 spiro atoms. The molecule has 1 N–H and O–H groups in total. The maximum Gasteiger partial charge on any atom is 0.0946 e. The lowest BCUT2D eigenvalue weighted by Gasteiger charge is -2.22. The van der Waals surface area contributed by atoms with Crippen molar-refractivity contribution in [3.05, 3.63) is 18.7 Å². The summed E-state index contributed by atoms with van der Waals surface area (Å²) in [5, 5.41) is 3.53. The molecule has 0 bridgehead atoms. The van der Waals surface area contributed by atoms with Crippen LogP contribution in [0.4, 0.5) is 0 Å². The number of nitrogens with zero attached hydrogens (tertiary/aromatic N) is 2. The summed E-state index contributed by atoms with van der Waals surface area (Å²) >= 11 is 0. The molecular weight excluding hydrogens is 238 g/mol. The summed E-state index contributed by atoms with van der Waals surface area (Å²) in [5.74, 6) is 0. The zero-order valence-electron chi connectivity index (χ0n) is 12.1. The van der Waals surface area contributed by atoms with Gasteiger partial charge in [0.05, 0.1) is 12.4 Å². The highest BCUT2D eigenvalue weighted by Gasteiger charge is 2.12. The summed E-state index contributed by atoms with van der Waals surface area (Å²) in [5.41, 5.74) is 0. The predicted octanol–water partition coefficient (Wildman–Crippen LogP) is 2.60. The number of ether oxygens (including phenoxy) is 1. The van der Waals surface area contributed by atoms with Gasteiger partial charge in [0.2, 0.25) is 0 Å². The Morgan fingerprint density at radius 1 is 1.37 bits per heavy atom. The average Bonchev–Trinajstić information content (AvgIpc) is 2.92. The Bertz CT molecular complexity index is 320. The molecule has 0 amide bonds. The van der Waals surface area contributed by atoms with Gasteiger partial charge in [-0.05, 0) is 32.7 Å². The molecule has 0 saturated heterocycles. The van der Waals surface area contributed by atoms with Crippen molar-refractivity contribution < 1.29 is 4.74 Å². The van der Waals surface area contributed by atoms with Gasteiger partial charge in [-0.1, -0.05) is 19.3 Å². The zero-order valence-corrected chi connectivity index (χ0v) is 12.1. The second-order valence-electron chi connectivity index (χ2n) is 5.60. The van der Waals surface area contributed by atoms with Crippen LogP contribution in [0, 0.1) is 0 Å². The monoisotopic (exact) mass is 265 g/mol. The van der Waals surface area contributed by atoms with E-state index >= 15 is 0 Å². The van der Waals surface area contributed by atoms with E-state index in [4.69, 9.17) is 4.74 Å². The van der Waals surface area contributed by atoms with E-state index in [1.807, 2.05) is 18.7 Å². The first kappa shape index (κ1) is 14.5. The summed E-state index contributed by atoms with van der Waals surface area (Å²) in [6, 6.07) is 0.476. The quantitative estimate of drug-likeness (QED) is 0.734. The minimum absolute atomic E-state index is 0.476. The highest BCUT2D eigenvalue weighted by molar-refractivity contribution is 4.76. The van der Waals surface area contributed by atoms with E-state index in [0.29, 0.717) is 12.1 Å². The third kappa shape index (κ3) is 5.74. The van der Waals surface area contributed by atoms with Crippen LogP contribution in [0.5, 0.6) is 0 Å². The van der Waals surface area contributed by atoms with Crippen LogP contribution in [0.25, 0.3) is 0 Å². The maximum atomic E-state index is 5.92. The third-order valence-electron chi connectivity index (χ3n) is 3.76. The highest BCUT2D eigenvalue weighted by Crippen LogP contribution is 2.20. The fourth-order valence-electron chi connectivity index (χ4n) is 2.68. The van der Waals surface area contributed by atoms with E-state index in [0.717, 1.165) is 26.1 Å². The number of hydrogen-bond acceptors (Lipinski definition) is 3. The minimum atomic E-state index is 0.476. The number of imidazole rings is 1. The van der Waals surface area contributed by atoms with Gasteiger partial charge in [0, 0.05) is 31.6 Å². The first-order valence-corrected chi connectivity index (χ1v) is 7.65. The molecule has 0 aliphatic heterocycles. The first-order valence-electron chi connectivity index (χ1n) is 7.65. The van der Waals surface area contributed by atoms with Crippen LogP contribution < -0.4 is 5.32 Å². The number of nitrogens with one attached hydrogen (secondary N) is 1. The molecule has 1 aliphatic carbocycles. The molecule has 108 valence electrons. The van der Waals surface area contributed by atoms with Gasteiger partial charge in [-0.25, -0.2) is 4.98 Å². The van der Waals surface area contributed by atoms with Gasteiger partial charge in [0.1, 0.15) is 0 Å². The van der Waals surface area contributed by atoms with Crippen LogP contribution in [0.15, 0.2) is 18.7 Å². The topological polar surface area (TPSA) is 39.1 Å². The van der Waals surface area contributed by atoms with Crippen molar-refractivity contribution in [1.82, 2.24) is 14.9 Å². The Kier molecular flexibility index (Phi) is 6.37. The summed E-state index contributed by atoms with van der Waals surface area (Å²) in [6.45, 7) is 5.11. The van der Waals surface area contributed by atoms with Crippen molar-refractivity contribution in [2.75, 3.05) is 13.2 Å². The molecule has 1 fully saturated rings. The molecule has 0 radical (unpaired) electrons. The summed E-state index contributed by atoms with van der Waals surface area (Å²) in [4.78, 5) is 4.05. The molecule has 1 aliphatic rings. The fourth-order valence-corrected chi connectivity index (χ4v) is 2.68. The van der Waals surface area contributed by atoms with Crippen molar-refractivity contribution in [1.29, 1.82) is 0 Å². The molecule has 1 saturated carbocycles. The summed E-state index contributed by atoms with van der Waals surface area (Å²) in [7, 11) is 0. The molecule has 1 aromatic heterocycles. The Hall–Kier alpha value is -0.870. The molecule has 4 nitrogen and oxygen atoms in total. The second-order valence-corrected chi connectivity index (χ2v) is 5.60. The van der Waals surface area contributed by atoms with Crippen LogP contribution in [0.1, 0.15) is 45.4 Å². The molecule has 19 heavy (non-hydrogen) atoms. The van der Waals surface area contributed by atoms with Gasteiger partial charge in [-0.15, -0.1) is 0 Å². The normalized spacial score (nSPS) is 18.6. The molecule has 4 heteroatoms. The maximum absolute atomic E-state index is 5.92. The Labute approximate surface area is 116 Å². The molecular formula is C15H27N3O. The van der Waals surface area contributed by atoms with Crippen LogP contribution >= 0.6 is 0 Å². The van der Waals surface area contributed by atoms with E-state index < -0.39 is 0 Å². The Morgan fingerprint density at radius 3 is 2.95 bits per heavy atom. The SMILES string of the molecule is CC(Cn1ccnc1)NCCCOC1CCCCC1. The van der Waals surface area contributed by atoms with Gasteiger partial charge < -0.3 is 14.6 Å². The standard InChI is InChI=1S/C15H27N3O/c1-14(12-18-10-9-16-13-18)17-8-5-11-19-15-6-3-2-4-7-15/h9-10,13-15,17H,2-8,11-12H2,1H3. The van der Waals surface area contributed by atoms with Gasteiger partial charge in [-0.3, -0.25) is 0 Å². The Balaban J connectivity index is 1.47. The highest BCUT2D eigenvalue weighted by atomic mass is 16.5. The van der Waals surface area contributed by atoms with Gasteiger partial charge in [0.15, 0.2) is 0 Å². The van der Waals surface area contributed by atoms with Crippen LogP contribution in [0.2, 0.25) is 0 Å². The average molecular weight is 265 g/mol. The van der Waals surface area contributed by atoms with E-state index in [-0.39, 0.29) is 0 Å². The molecule has 1 unspecified atom stereocenters. The lowest BCUT2D eigenvalue weighted by atomic mass is 9.98. The first-order chi connectivity index (χ1) is 9.34. The van der Waals surface area contributed by atoms with Gasteiger partial charge >= 0.3 is 0 Å². The number of hydrogen-bond donors (Lipinski definition) is 1.